The molecular formula is C9H13F3O3PdS. The van der Waals surface area contributed by atoms with Crippen LogP contribution in [0.15, 0.2) is 24.3 Å². The minimum absolute atomic E-state index is 0. The monoisotopic (exact) mass is 364 g/mol. The van der Waals surface area contributed by atoms with E-state index in [0.29, 0.717) is 0 Å². The fraction of sp³-hybridized carbons (Fsp3) is 0.556. The van der Waals surface area contributed by atoms with Crippen molar-refractivity contribution in [2.45, 2.75) is 31.2 Å². The number of rotatable bonds is 0. The number of alkyl halides is 3. The standard InChI is InChI=1S/C8H12.CHF3O3S.Pd/c1-2-4-6-8-7-5-3-1;2-1(3,4)8(5,6)7;/h1-2,7-8H,3-6H2;(H,5,6,7);/b2-1-,8-7-;;. The Balaban J connectivity index is 0. The first-order chi connectivity index (χ1) is 7.25. The van der Waals surface area contributed by atoms with E-state index in [-0.39, 0.29) is 20.4 Å². The Labute approximate surface area is 112 Å². The molecule has 0 heterocycles. The maximum absolute atomic E-state index is 10.7. The molecule has 0 amide bonds. The van der Waals surface area contributed by atoms with Gasteiger partial charge in [0.1, 0.15) is 0 Å². The summed E-state index contributed by atoms with van der Waals surface area (Å²) in [5.41, 5.74) is -5.53. The van der Waals surface area contributed by atoms with Crippen molar-refractivity contribution in [2.24, 2.45) is 0 Å². The molecule has 1 aliphatic rings. The van der Waals surface area contributed by atoms with E-state index in [1.165, 1.54) is 25.7 Å². The summed E-state index contributed by atoms with van der Waals surface area (Å²) in [5, 5.41) is 0. The summed E-state index contributed by atoms with van der Waals surface area (Å²) in [7, 11) is -5.84. The van der Waals surface area contributed by atoms with Crippen LogP contribution in [0.1, 0.15) is 25.7 Å². The van der Waals surface area contributed by atoms with Gasteiger partial charge in [0.25, 0.3) is 0 Å². The zero-order valence-corrected chi connectivity index (χ0v) is 11.1. The van der Waals surface area contributed by atoms with E-state index >= 15 is 0 Å². The maximum Gasteiger partial charge on any atom is 0.522 e. The zero-order chi connectivity index (χ0) is 12.7. The molecule has 0 bridgehead atoms. The van der Waals surface area contributed by atoms with E-state index in [9.17, 15) is 13.2 Å². The van der Waals surface area contributed by atoms with E-state index in [2.05, 4.69) is 24.3 Å². The van der Waals surface area contributed by atoms with E-state index in [4.69, 9.17) is 13.0 Å². The van der Waals surface area contributed by atoms with Crippen LogP contribution in [-0.2, 0) is 30.5 Å². The molecule has 0 aromatic rings. The quantitative estimate of drug-likeness (QED) is 0.311. The van der Waals surface area contributed by atoms with Crippen molar-refractivity contribution in [3.8, 4) is 0 Å². The third-order valence-electron chi connectivity index (χ3n) is 1.63. The second kappa shape index (κ2) is 8.86. The third-order valence-corrected chi connectivity index (χ3v) is 2.21. The van der Waals surface area contributed by atoms with Crippen LogP contribution in [0, 0.1) is 0 Å². The van der Waals surface area contributed by atoms with Gasteiger partial charge < -0.3 is 0 Å². The Morgan fingerprint density at radius 1 is 0.882 bits per heavy atom. The van der Waals surface area contributed by atoms with E-state index in [1.54, 1.807) is 0 Å². The molecule has 17 heavy (non-hydrogen) atoms. The van der Waals surface area contributed by atoms with E-state index < -0.39 is 15.6 Å². The normalized spacial score (nSPS) is 19.8. The van der Waals surface area contributed by atoms with Gasteiger partial charge in [-0.1, -0.05) is 24.3 Å². The van der Waals surface area contributed by atoms with Crippen LogP contribution in [0.2, 0.25) is 0 Å². The summed E-state index contributed by atoms with van der Waals surface area (Å²) in [4.78, 5) is 0. The van der Waals surface area contributed by atoms with Gasteiger partial charge >= 0.3 is 15.6 Å². The summed E-state index contributed by atoms with van der Waals surface area (Å²) in [6.45, 7) is 0. The molecule has 1 rings (SSSR count). The fourth-order valence-corrected chi connectivity index (χ4v) is 0.856. The van der Waals surface area contributed by atoms with E-state index in [0.717, 1.165) is 0 Å². The average molecular weight is 365 g/mol. The number of hydrogen-bond acceptors (Lipinski definition) is 2. The Bertz CT molecular complexity index is 321. The molecule has 0 radical (unpaired) electrons. The predicted octanol–water partition coefficient (Wildman–Crippen LogP) is 3.06. The third kappa shape index (κ3) is 10.7. The van der Waals surface area contributed by atoms with Gasteiger partial charge in [-0.2, -0.15) is 21.6 Å². The molecule has 0 spiro atoms. The molecule has 3 nitrogen and oxygen atoms in total. The van der Waals surface area contributed by atoms with Gasteiger partial charge in [-0.15, -0.1) is 0 Å². The van der Waals surface area contributed by atoms with Crippen LogP contribution < -0.4 is 0 Å². The van der Waals surface area contributed by atoms with E-state index in [1.807, 2.05) is 0 Å². The number of allylic oxidation sites excluding steroid dienone is 4. The van der Waals surface area contributed by atoms with Gasteiger partial charge in [0.15, 0.2) is 0 Å². The molecule has 0 saturated heterocycles. The molecule has 1 N–H and O–H groups in total. The topological polar surface area (TPSA) is 54.4 Å². The van der Waals surface area contributed by atoms with Crippen molar-refractivity contribution in [3.63, 3.8) is 0 Å². The molecule has 0 aromatic carbocycles. The van der Waals surface area contributed by atoms with Crippen molar-refractivity contribution in [3.05, 3.63) is 24.3 Å². The first-order valence-corrected chi connectivity index (χ1v) is 6.03. The molecule has 0 fully saturated rings. The Morgan fingerprint density at radius 3 is 1.18 bits per heavy atom. The predicted molar refractivity (Wildman–Crippen MR) is 54.4 cm³/mol. The Kier molecular flexibility index (Phi) is 10.0. The van der Waals surface area contributed by atoms with Crippen LogP contribution in [0.5, 0.6) is 0 Å². The van der Waals surface area contributed by atoms with Crippen molar-refractivity contribution < 1.29 is 46.6 Å². The summed E-state index contributed by atoms with van der Waals surface area (Å²) in [6, 6.07) is 0. The Morgan fingerprint density at radius 2 is 1.06 bits per heavy atom. The van der Waals surface area contributed by atoms with Crippen molar-refractivity contribution >= 4 is 10.1 Å². The summed E-state index contributed by atoms with van der Waals surface area (Å²) in [6.07, 6.45) is 14.0. The first kappa shape index (κ1) is 19.2. The zero-order valence-electron chi connectivity index (χ0n) is 8.76. The molecule has 104 valence electrons. The van der Waals surface area contributed by atoms with Crippen molar-refractivity contribution in [2.75, 3.05) is 0 Å². The van der Waals surface area contributed by atoms with Gasteiger partial charge in [0.05, 0.1) is 0 Å². The van der Waals surface area contributed by atoms with Crippen molar-refractivity contribution in [1.29, 1.82) is 0 Å². The largest absolute Gasteiger partial charge is 0.522 e. The smallest absolute Gasteiger partial charge is 0.279 e. The molecule has 0 atom stereocenters. The average Bonchev–Trinajstić information content (AvgIpc) is 1.98. The Hall–Kier alpha value is -0.158. The fourth-order valence-electron chi connectivity index (χ4n) is 0.856. The van der Waals surface area contributed by atoms with Gasteiger partial charge in [0.2, 0.25) is 0 Å². The summed E-state index contributed by atoms with van der Waals surface area (Å²) >= 11 is 0. The molecule has 1 aliphatic carbocycles. The van der Waals surface area contributed by atoms with Gasteiger partial charge in [-0.3, -0.25) is 4.55 Å². The number of hydrogen-bond donors (Lipinski definition) is 1. The van der Waals surface area contributed by atoms with Crippen LogP contribution in [0.4, 0.5) is 13.2 Å². The van der Waals surface area contributed by atoms with Gasteiger partial charge in [-0.25, -0.2) is 0 Å². The molecule has 8 heteroatoms. The summed E-state index contributed by atoms with van der Waals surface area (Å²) in [5.74, 6) is 0. The van der Waals surface area contributed by atoms with Crippen LogP contribution in [0.25, 0.3) is 0 Å². The molecule has 0 unspecified atom stereocenters. The molecule has 0 saturated carbocycles. The van der Waals surface area contributed by atoms with Gasteiger partial charge in [-0.05, 0) is 25.7 Å². The minimum Gasteiger partial charge on any atom is -0.279 e. The molecular weight excluding hydrogens is 352 g/mol. The van der Waals surface area contributed by atoms with Crippen molar-refractivity contribution in [1.82, 2.24) is 0 Å². The minimum atomic E-state index is -5.84. The summed E-state index contributed by atoms with van der Waals surface area (Å²) < 4.78 is 57.5. The number of halogens is 3. The van der Waals surface area contributed by atoms with Gasteiger partial charge in [0, 0.05) is 20.4 Å². The first-order valence-electron chi connectivity index (χ1n) is 4.59. The molecule has 0 aromatic heterocycles. The second-order valence-corrected chi connectivity index (χ2v) is 4.43. The second-order valence-electron chi connectivity index (χ2n) is 3.02. The molecule has 0 aliphatic heterocycles. The van der Waals surface area contributed by atoms with Crippen LogP contribution in [0.3, 0.4) is 0 Å². The maximum atomic E-state index is 10.7. The SMILES string of the molecule is C1=C\CC/C=C\CC/1.O=S(=O)(O)C(F)(F)F.[Pd]. The van der Waals surface area contributed by atoms with Crippen LogP contribution >= 0.6 is 0 Å². The van der Waals surface area contributed by atoms with Crippen LogP contribution in [-0.4, -0.2) is 18.5 Å².